The Balaban J connectivity index is 1.96. The number of hydrogen-bond acceptors (Lipinski definition) is 3. The third kappa shape index (κ3) is 3.21. The molecule has 0 radical (unpaired) electrons. The fraction of sp³-hybridized carbons (Fsp3) is 0.214. The average molecular weight is 227 g/mol. The summed E-state index contributed by atoms with van der Waals surface area (Å²) in [4.78, 5) is 6.09. The van der Waals surface area contributed by atoms with Crippen LogP contribution < -0.4 is 10.2 Å². The topological polar surface area (TPSA) is 28.2 Å². The maximum atomic E-state index is 4.00. The minimum Gasteiger partial charge on any atom is -0.381 e. The minimum atomic E-state index is 0.823. The molecule has 88 valence electrons. The number of nitrogens with zero attached hydrogens (tertiary/aromatic N) is 2. The third-order valence-corrected chi connectivity index (χ3v) is 2.63. The highest BCUT2D eigenvalue weighted by Crippen LogP contribution is 2.16. The number of pyridine rings is 1. The number of nitrogens with one attached hydrogen (secondary N) is 1. The zero-order valence-electron chi connectivity index (χ0n) is 10.2. The van der Waals surface area contributed by atoms with Crippen molar-refractivity contribution in [3.8, 4) is 0 Å². The highest BCUT2D eigenvalue weighted by molar-refractivity contribution is 5.54. The molecule has 3 heteroatoms. The van der Waals surface area contributed by atoms with E-state index in [0.29, 0.717) is 0 Å². The van der Waals surface area contributed by atoms with Gasteiger partial charge in [0.05, 0.1) is 0 Å². The molecule has 0 aliphatic carbocycles. The van der Waals surface area contributed by atoms with Gasteiger partial charge in [-0.1, -0.05) is 0 Å². The molecule has 1 heterocycles. The molecule has 0 atom stereocenters. The number of benzene rings is 1. The molecule has 2 aromatic rings. The Morgan fingerprint density at radius 3 is 2.24 bits per heavy atom. The molecule has 3 nitrogen and oxygen atoms in total. The van der Waals surface area contributed by atoms with Gasteiger partial charge in [0.15, 0.2) is 0 Å². The first-order valence-electron chi connectivity index (χ1n) is 5.66. The maximum Gasteiger partial charge on any atom is 0.0401 e. The second-order valence-corrected chi connectivity index (χ2v) is 4.15. The van der Waals surface area contributed by atoms with E-state index in [1.54, 1.807) is 0 Å². The summed E-state index contributed by atoms with van der Waals surface area (Å²) < 4.78 is 0. The van der Waals surface area contributed by atoms with Crippen molar-refractivity contribution in [2.24, 2.45) is 0 Å². The van der Waals surface area contributed by atoms with Gasteiger partial charge in [-0.2, -0.15) is 0 Å². The molecule has 1 N–H and O–H groups in total. The van der Waals surface area contributed by atoms with E-state index in [4.69, 9.17) is 0 Å². The predicted octanol–water partition coefficient (Wildman–Crippen LogP) is 2.76. The van der Waals surface area contributed by atoms with Crippen LogP contribution in [0.25, 0.3) is 0 Å². The molecule has 0 amide bonds. The molecule has 0 unspecified atom stereocenters. The number of anilines is 2. The number of aromatic nitrogens is 1. The molecule has 0 aliphatic heterocycles. The minimum absolute atomic E-state index is 0.823. The van der Waals surface area contributed by atoms with E-state index in [2.05, 4.69) is 39.5 Å². The molecule has 0 bridgehead atoms. The van der Waals surface area contributed by atoms with Gasteiger partial charge in [0.2, 0.25) is 0 Å². The van der Waals surface area contributed by atoms with Crippen LogP contribution in [0.4, 0.5) is 11.4 Å². The zero-order chi connectivity index (χ0) is 12.1. The van der Waals surface area contributed by atoms with Crippen molar-refractivity contribution in [1.82, 2.24) is 4.98 Å². The van der Waals surface area contributed by atoms with E-state index in [0.717, 1.165) is 12.2 Å². The highest BCUT2D eigenvalue weighted by atomic mass is 15.1. The quantitative estimate of drug-likeness (QED) is 0.870. The standard InChI is InChI=1S/C14H17N3/c1-17(2)14-5-3-13(4-6-14)16-11-12-7-9-15-10-8-12/h3-10,16H,11H2,1-2H3. The van der Waals surface area contributed by atoms with E-state index in [9.17, 15) is 0 Å². The van der Waals surface area contributed by atoms with Crippen LogP contribution in [0.2, 0.25) is 0 Å². The lowest BCUT2D eigenvalue weighted by Crippen LogP contribution is -2.08. The summed E-state index contributed by atoms with van der Waals surface area (Å²) in [6, 6.07) is 12.4. The summed E-state index contributed by atoms with van der Waals surface area (Å²) in [6.07, 6.45) is 3.62. The van der Waals surface area contributed by atoms with Gasteiger partial charge < -0.3 is 10.2 Å². The molecule has 0 saturated carbocycles. The largest absolute Gasteiger partial charge is 0.381 e. The van der Waals surface area contributed by atoms with Gasteiger partial charge in [-0.3, -0.25) is 4.98 Å². The molecule has 0 fully saturated rings. The van der Waals surface area contributed by atoms with Crippen molar-refractivity contribution in [2.45, 2.75) is 6.54 Å². The summed E-state index contributed by atoms with van der Waals surface area (Å²) in [5.74, 6) is 0. The first-order chi connectivity index (χ1) is 8.25. The SMILES string of the molecule is CN(C)c1ccc(NCc2ccncc2)cc1. The average Bonchev–Trinajstić information content (AvgIpc) is 2.38. The van der Waals surface area contributed by atoms with Crippen molar-refractivity contribution in [2.75, 3.05) is 24.3 Å². The molecule has 0 spiro atoms. The van der Waals surface area contributed by atoms with Crippen LogP contribution in [0, 0.1) is 0 Å². The van der Waals surface area contributed by atoms with Crippen LogP contribution >= 0.6 is 0 Å². The van der Waals surface area contributed by atoms with Crippen LogP contribution in [0.15, 0.2) is 48.8 Å². The summed E-state index contributed by atoms with van der Waals surface area (Å²) in [5, 5.41) is 3.38. The van der Waals surface area contributed by atoms with Gasteiger partial charge in [-0.05, 0) is 42.0 Å². The normalized spacial score (nSPS) is 10.0. The van der Waals surface area contributed by atoms with Crippen LogP contribution in [0.5, 0.6) is 0 Å². The predicted molar refractivity (Wildman–Crippen MR) is 72.3 cm³/mol. The second kappa shape index (κ2) is 5.34. The van der Waals surface area contributed by atoms with Gasteiger partial charge in [-0.25, -0.2) is 0 Å². The molecular weight excluding hydrogens is 210 g/mol. The highest BCUT2D eigenvalue weighted by Gasteiger charge is 1.96. The van der Waals surface area contributed by atoms with E-state index in [1.807, 2.05) is 38.6 Å². The maximum absolute atomic E-state index is 4.00. The Morgan fingerprint density at radius 1 is 1.00 bits per heavy atom. The van der Waals surface area contributed by atoms with E-state index < -0.39 is 0 Å². The van der Waals surface area contributed by atoms with Crippen molar-refractivity contribution in [3.63, 3.8) is 0 Å². The van der Waals surface area contributed by atoms with Gasteiger partial charge in [0.1, 0.15) is 0 Å². The molecule has 0 aliphatic rings. The third-order valence-electron chi connectivity index (χ3n) is 2.63. The molecule has 1 aromatic heterocycles. The lowest BCUT2D eigenvalue weighted by Gasteiger charge is -2.13. The molecule has 1 aromatic carbocycles. The van der Waals surface area contributed by atoms with E-state index >= 15 is 0 Å². The zero-order valence-corrected chi connectivity index (χ0v) is 10.2. The Labute approximate surface area is 102 Å². The summed E-state index contributed by atoms with van der Waals surface area (Å²) >= 11 is 0. The fourth-order valence-corrected chi connectivity index (χ4v) is 1.58. The number of rotatable bonds is 4. The summed E-state index contributed by atoms with van der Waals surface area (Å²) in [5.41, 5.74) is 3.57. The molecule has 17 heavy (non-hydrogen) atoms. The molecule has 2 rings (SSSR count). The first kappa shape index (κ1) is 11.5. The molecular formula is C14H17N3. The smallest absolute Gasteiger partial charge is 0.0401 e. The number of hydrogen-bond donors (Lipinski definition) is 1. The molecule has 0 saturated heterocycles. The monoisotopic (exact) mass is 227 g/mol. The lowest BCUT2D eigenvalue weighted by atomic mass is 10.2. The van der Waals surface area contributed by atoms with E-state index in [1.165, 1.54) is 11.3 Å². The van der Waals surface area contributed by atoms with Gasteiger partial charge in [-0.15, -0.1) is 0 Å². The van der Waals surface area contributed by atoms with Crippen molar-refractivity contribution in [1.29, 1.82) is 0 Å². The van der Waals surface area contributed by atoms with Gasteiger partial charge >= 0.3 is 0 Å². The van der Waals surface area contributed by atoms with Gasteiger partial charge in [0, 0.05) is 44.4 Å². The summed E-state index contributed by atoms with van der Waals surface area (Å²) in [7, 11) is 4.08. The van der Waals surface area contributed by atoms with Gasteiger partial charge in [0.25, 0.3) is 0 Å². The Kier molecular flexibility index (Phi) is 3.60. The van der Waals surface area contributed by atoms with Crippen LogP contribution in [0.3, 0.4) is 0 Å². The van der Waals surface area contributed by atoms with Crippen molar-refractivity contribution in [3.05, 3.63) is 54.4 Å². The Morgan fingerprint density at radius 2 is 1.65 bits per heavy atom. The first-order valence-corrected chi connectivity index (χ1v) is 5.66. The van der Waals surface area contributed by atoms with Crippen molar-refractivity contribution >= 4 is 11.4 Å². The summed E-state index contributed by atoms with van der Waals surface area (Å²) in [6.45, 7) is 0.823. The Bertz CT molecular complexity index is 449. The Hall–Kier alpha value is -2.03. The van der Waals surface area contributed by atoms with Crippen LogP contribution in [0.1, 0.15) is 5.56 Å². The fourth-order valence-electron chi connectivity index (χ4n) is 1.58. The van der Waals surface area contributed by atoms with Crippen LogP contribution in [-0.2, 0) is 6.54 Å². The van der Waals surface area contributed by atoms with E-state index in [-0.39, 0.29) is 0 Å². The van der Waals surface area contributed by atoms with Crippen molar-refractivity contribution < 1.29 is 0 Å². The second-order valence-electron chi connectivity index (χ2n) is 4.15. The lowest BCUT2D eigenvalue weighted by molar-refractivity contribution is 1.12. The van der Waals surface area contributed by atoms with Crippen LogP contribution in [-0.4, -0.2) is 19.1 Å².